The predicted molar refractivity (Wildman–Crippen MR) is 180 cm³/mol. The molecule has 0 spiro atoms. The molecule has 0 aromatic carbocycles. The summed E-state index contributed by atoms with van der Waals surface area (Å²) in [4.78, 5) is 17.7. The first-order chi connectivity index (χ1) is 22.0. The van der Waals surface area contributed by atoms with Gasteiger partial charge in [-0.1, -0.05) is 20.8 Å². The Morgan fingerprint density at radius 2 is 1.78 bits per heavy atom. The highest BCUT2D eigenvalue weighted by molar-refractivity contribution is 6.00. The Morgan fingerprint density at radius 1 is 1.04 bits per heavy atom. The van der Waals surface area contributed by atoms with Gasteiger partial charge in [-0.25, -0.2) is 4.79 Å². The van der Waals surface area contributed by atoms with Gasteiger partial charge in [0, 0.05) is 30.1 Å². The maximum Gasteiger partial charge on any atom is 0.406 e. The average Bonchev–Trinajstić information content (AvgIpc) is 3.61. The molecule has 1 aliphatic carbocycles. The lowest BCUT2D eigenvalue weighted by Gasteiger charge is -2.39. The monoisotopic (exact) mass is 631 g/mol. The van der Waals surface area contributed by atoms with Crippen molar-refractivity contribution in [3.63, 3.8) is 0 Å². The number of carbonyl (C=O) groups excluding carboxylic acids is 1. The van der Waals surface area contributed by atoms with E-state index in [2.05, 4.69) is 99.5 Å². The number of aromatic nitrogens is 5. The molecule has 2 unspecified atom stereocenters. The van der Waals surface area contributed by atoms with Gasteiger partial charge in [-0.2, -0.15) is 15.0 Å². The standard InChI is InChI=1S/C34H50N10O2/c1-23-9-8-10-24(2)43(23)33-39-38-30-16-15-28(22-42(30)33)46-27-13-11-25(12-14-27)36-32(45)37-31-19-29(34(3,4)5)44(31)26-20-35-41(21-26)18-17-40(6)7/h15-16,19-25,27H,8-14,17-18H2,1-7H3,(H,36,45)/p+1. The summed E-state index contributed by atoms with van der Waals surface area (Å²) in [5.74, 6) is 2.49. The fourth-order valence-electron chi connectivity index (χ4n) is 6.91. The average molecular weight is 632 g/mol. The molecule has 46 heavy (non-hydrogen) atoms. The van der Waals surface area contributed by atoms with Crippen molar-refractivity contribution in [3.8, 4) is 5.75 Å². The second-order valence-corrected chi connectivity index (χ2v) is 14.6. The van der Waals surface area contributed by atoms with E-state index in [4.69, 9.17) is 4.74 Å². The van der Waals surface area contributed by atoms with E-state index in [1.54, 1.807) is 0 Å². The van der Waals surface area contributed by atoms with Gasteiger partial charge in [0.1, 0.15) is 11.5 Å². The Balaban J connectivity index is 1.02. The highest BCUT2D eigenvalue weighted by Crippen LogP contribution is 2.32. The Hall–Kier alpha value is -3.93. The molecule has 12 nitrogen and oxygen atoms in total. The number of carbonyl (C=O) groups is 1. The molecule has 3 aromatic heterocycles. The summed E-state index contributed by atoms with van der Waals surface area (Å²) in [6.07, 6.45) is 15.2. The van der Waals surface area contributed by atoms with E-state index in [-0.39, 0.29) is 23.6 Å². The van der Waals surface area contributed by atoms with Crippen molar-refractivity contribution in [1.29, 1.82) is 0 Å². The number of rotatable bonds is 9. The van der Waals surface area contributed by atoms with Crippen molar-refractivity contribution in [1.82, 2.24) is 39.9 Å². The van der Waals surface area contributed by atoms with Crippen molar-refractivity contribution < 1.29 is 14.1 Å². The van der Waals surface area contributed by atoms with Gasteiger partial charge in [0.15, 0.2) is 11.3 Å². The Kier molecular flexibility index (Phi) is 9.09. The molecular formula is C34H51N10O2+. The largest absolute Gasteiger partial charge is 0.489 e. The zero-order valence-corrected chi connectivity index (χ0v) is 28.5. The van der Waals surface area contributed by atoms with E-state index in [1.165, 1.54) is 19.3 Å². The molecule has 5 heterocycles. The number of fused-ring (bicyclic) bond motifs is 1. The van der Waals surface area contributed by atoms with Gasteiger partial charge in [0.25, 0.3) is 5.82 Å². The fourth-order valence-corrected chi connectivity index (χ4v) is 6.91. The number of allylic oxidation sites excluding steroid dienone is 1. The number of hydrogen-bond donors (Lipinski definition) is 2. The van der Waals surface area contributed by atoms with Crippen LogP contribution in [0, 0.1) is 5.41 Å². The highest BCUT2D eigenvalue weighted by atomic mass is 16.5. The number of nitrogens with one attached hydrogen (secondary N) is 2. The van der Waals surface area contributed by atoms with E-state index in [0.717, 1.165) is 73.3 Å². The summed E-state index contributed by atoms with van der Waals surface area (Å²) in [6.45, 7) is 12.8. The first-order valence-electron chi connectivity index (χ1n) is 16.9. The lowest BCUT2D eigenvalue weighted by atomic mass is 9.86. The smallest absolute Gasteiger partial charge is 0.406 e. The lowest BCUT2D eigenvalue weighted by molar-refractivity contribution is -0.406. The van der Waals surface area contributed by atoms with Crippen molar-refractivity contribution in [3.05, 3.63) is 42.6 Å². The molecular weight excluding hydrogens is 580 g/mol. The first-order valence-corrected chi connectivity index (χ1v) is 16.9. The van der Waals surface area contributed by atoms with Gasteiger partial charge < -0.3 is 19.9 Å². The van der Waals surface area contributed by atoms with Crippen LogP contribution in [0.3, 0.4) is 0 Å². The number of ether oxygens (including phenoxy) is 1. The predicted octanol–water partition coefficient (Wildman–Crippen LogP) is 4.93. The molecule has 6 rings (SSSR count). The number of hydrogen-bond acceptors (Lipinski definition) is 7. The van der Waals surface area contributed by atoms with E-state index in [0.29, 0.717) is 12.1 Å². The Bertz CT molecular complexity index is 1590. The van der Waals surface area contributed by atoms with Crippen LogP contribution in [0.4, 0.5) is 16.4 Å². The molecule has 12 heteroatoms. The second kappa shape index (κ2) is 13.1. The van der Waals surface area contributed by atoms with Crippen LogP contribution >= 0.6 is 0 Å². The van der Waals surface area contributed by atoms with Crippen molar-refractivity contribution in [2.75, 3.05) is 25.5 Å². The minimum Gasteiger partial charge on any atom is -0.489 e. The van der Waals surface area contributed by atoms with E-state index >= 15 is 0 Å². The lowest BCUT2D eigenvalue weighted by Crippen LogP contribution is -2.48. The maximum absolute atomic E-state index is 13.1. The number of likely N-dealkylation sites (N-methyl/N-ethyl adjacent to an activating group) is 1. The minimum atomic E-state index is -0.180. The molecule has 3 aromatic rings. The summed E-state index contributed by atoms with van der Waals surface area (Å²) in [5.41, 5.74) is 2.85. The summed E-state index contributed by atoms with van der Waals surface area (Å²) < 4.78 is 12.6. The number of nitrogens with zero attached hydrogens (tertiary/aromatic N) is 8. The van der Waals surface area contributed by atoms with Crippen LogP contribution in [0.1, 0.15) is 79.6 Å². The number of pyridine rings is 1. The molecule has 3 aliphatic rings. The maximum atomic E-state index is 13.1. The Morgan fingerprint density at radius 3 is 2.48 bits per heavy atom. The first kappa shape index (κ1) is 32.0. The molecule has 0 radical (unpaired) electrons. The van der Waals surface area contributed by atoms with Crippen LogP contribution in [0.25, 0.3) is 5.65 Å². The van der Waals surface area contributed by atoms with E-state index in [1.807, 2.05) is 35.4 Å². The van der Waals surface area contributed by atoms with Gasteiger partial charge in [-0.05, 0) is 85.0 Å². The van der Waals surface area contributed by atoms with Crippen molar-refractivity contribution in [2.45, 2.75) is 110 Å². The third kappa shape index (κ3) is 6.91. The van der Waals surface area contributed by atoms with Crippen molar-refractivity contribution >= 4 is 29.0 Å². The van der Waals surface area contributed by atoms with Gasteiger partial charge in [0.2, 0.25) is 5.95 Å². The zero-order valence-electron chi connectivity index (χ0n) is 28.5. The fraction of sp³-hybridized carbons (Fsp3) is 0.618. The van der Waals surface area contributed by atoms with E-state index in [9.17, 15) is 4.79 Å². The van der Waals surface area contributed by atoms with Crippen molar-refractivity contribution in [2.24, 2.45) is 5.41 Å². The third-order valence-corrected chi connectivity index (χ3v) is 9.51. The minimum absolute atomic E-state index is 0.0728. The van der Waals surface area contributed by atoms with Crippen LogP contribution < -0.4 is 20.3 Å². The van der Waals surface area contributed by atoms with Crippen LogP contribution in [0.5, 0.6) is 5.75 Å². The van der Waals surface area contributed by atoms with Gasteiger partial charge in [-0.15, -0.1) is 10.2 Å². The molecule has 2 N–H and O–H groups in total. The van der Waals surface area contributed by atoms with E-state index < -0.39 is 0 Å². The summed E-state index contributed by atoms with van der Waals surface area (Å²) in [6, 6.07) is 4.75. The normalized spacial score (nSPS) is 23.8. The molecule has 2 fully saturated rings. The number of amides is 2. The molecule has 2 amide bonds. The Labute approximate surface area is 272 Å². The number of anilines is 1. The van der Waals surface area contributed by atoms with Gasteiger partial charge in [0.05, 0.1) is 37.3 Å². The van der Waals surface area contributed by atoms with Crippen LogP contribution in [-0.4, -0.2) is 90.5 Å². The van der Waals surface area contributed by atoms with Crippen LogP contribution in [0.15, 0.2) is 42.6 Å². The summed E-state index contributed by atoms with van der Waals surface area (Å²) in [7, 11) is 4.11. The molecule has 248 valence electrons. The molecule has 2 atom stereocenters. The van der Waals surface area contributed by atoms with Gasteiger partial charge in [-0.3, -0.25) is 9.08 Å². The van der Waals surface area contributed by atoms with Crippen LogP contribution in [-0.2, 0) is 6.54 Å². The molecule has 1 saturated carbocycles. The SMILES string of the molecule is CC1CCCC(C)N1c1nnc2ccc(OC3CCC(NC(=O)NC4=CC(C(C)(C)C)=[N+]4c4cnn(CCN(C)C)c4)CC3)cn12. The molecule has 2 aliphatic heterocycles. The number of urea groups is 1. The molecule has 0 bridgehead atoms. The quantitative estimate of drug-likeness (QED) is 0.323. The third-order valence-electron chi connectivity index (χ3n) is 9.51. The molecule has 1 saturated heterocycles. The summed E-state index contributed by atoms with van der Waals surface area (Å²) >= 11 is 0. The van der Waals surface area contributed by atoms with Gasteiger partial charge >= 0.3 is 6.03 Å². The summed E-state index contributed by atoms with van der Waals surface area (Å²) in [5, 5.41) is 19.8. The zero-order chi connectivity index (χ0) is 32.6. The highest BCUT2D eigenvalue weighted by Gasteiger charge is 2.38. The van der Waals surface area contributed by atoms with Crippen LogP contribution in [0.2, 0.25) is 0 Å². The second-order valence-electron chi connectivity index (χ2n) is 14.6. The topological polar surface area (TPSA) is 108 Å². The number of piperidine rings is 1.